The molecule has 1 aromatic rings. The van der Waals surface area contributed by atoms with Crippen LogP contribution in [-0.4, -0.2) is 17.1 Å². The number of benzene rings is 1. The molecular formula is C15H19NO2. The smallest absolute Gasteiger partial charge is 0.224 e. The van der Waals surface area contributed by atoms with Crippen LogP contribution in [0.25, 0.3) is 0 Å². The molecule has 0 unspecified atom stereocenters. The molecule has 0 aromatic heterocycles. The van der Waals surface area contributed by atoms with Crippen molar-refractivity contribution in [3.63, 3.8) is 0 Å². The molecule has 1 aliphatic heterocycles. The number of carbonyl (C=O) groups is 1. The number of anilines is 1. The Morgan fingerprint density at radius 3 is 2.72 bits per heavy atom. The Balaban J connectivity index is 2.08. The van der Waals surface area contributed by atoms with Crippen molar-refractivity contribution in [2.45, 2.75) is 39.2 Å². The summed E-state index contributed by atoms with van der Waals surface area (Å²) in [6.07, 6.45) is 3.46. The van der Waals surface area contributed by atoms with Crippen molar-refractivity contribution in [1.29, 1.82) is 0 Å². The minimum absolute atomic E-state index is 0.0882. The van der Waals surface area contributed by atoms with E-state index in [0.29, 0.717) is 17.9 Å². The second-order valence-corrected chi connectivity index (χ2v) is 5.71. The molecule has 1 aromatic carbocycles. The number of rotatable bonds is 1. The van der Waals surface area contributed by atoms with Gasteiger partial charge in [-0.15, -0.1) is 0 Å². The van der Waals surface area contributed by atoms with Crippen molar-refractivity contribution in [2.75, 3.05) is 4.90 Å². The van der Waals surface area contributed by atoms with Gasteiger partial charge in [-0.05, 0) is 42.7 Å². The van der Waals surface area contributed by atoms with Gasteiger partial charge in [0, 0.05) is 19.0 Å². The number of aromatic hydroxyl groups is 1. The van der Waals surface area contributed by atoms with Gasteiger partial charge in [0.05, 0.1) is 5.69 Å². The summed E-state index contributed by atoms with van der Waals surface area (Å²) >= 11 is 0. The van der Waals surface area contributed by atoms with Crippen molar-refractivity contribution in [1.82, 2.24) is 0 Å². The highest BCUT2D eigenvalue weighted by Gasteiger charge is 2.43. The van der Waals surface area contributed by atoms with E-state index in [1.54, 1.807) is 19.1 Å². The Morgan fingerprint density at radius 1 is 1.39 bits per heavy atom. The maximum Gasteiger partial charge on any atom is 0.224 e. The van der Waals surface area contributed by atoms with Gasteiger partial charge in [0.25, 0.3) is 0 Å². The number of phenols is 1. The lowest BCUT2D eigenvalue weighted by Gasteiger charge is -2.41. The van der Waals surface area contributed by atoms with Crippen molar-refractivity contribution in [3.8, 4) is 5.75 Å². The Hall–Kier alpha value is -1.51. The average Bonchev–Trinajstić information content (AvgIpc) is 3.11. The van der Waals surface area contributed by atoms with Gasteiger partial charge in [-0.1, -0.05) is 13.0 Å². The van der Waals surface area contributed by atoms with Crippen LogP contribution in [-0.2, 0) is 11.2 Å². The van der Waals surface area contributed by atoms with Crippen molar-refractivity contribution >= 4 is 11.6 Å². The molecule has 3 nitrogen and oxygen atoms in total. The highest BCUT2D eigenvalue weighted by molar-refractivity contribution is 5.94. The molecule has 1 amide bonds. The van der Waals surface area contributed by atoms with Crippen molar-refractivity contribution in [3.05, 3.63) is 23.8 Å². The first-order valence-corrected chi connectivity index (χ1v) is 6.69. The molecular weight excluding hydrogens is 226 g/mol. The Labute approximate surface area is 107 Å². The van der Waals surface area contributed by atoms with Crippen LogP contribution >= 0.6 is 0 Å². The van der Waals surface area contributed by atoms with Gasteiger partial charge in [-0.2, -0.15) is 0 Å². The quantitative estimate of drug-likeness (QED) is 0.826. The van der Waals surface area contributed by atoms with E-state index in [4.69, 9.17) is 0 Å². The summed E-state index contributed by atoms with van der Waals surface area (Å²) in [5, 5.41) is 9.66. The number of phenolic OH excluding ortho intramolecular Hbond substituents is 1. The molecule has 0 radical (unpaired) electrons. The summed E-state index contributed by atoms with van der Waals surface area (Å²) < 4.78 is 0. The van der Waals surface area contributed by atoms with E-state index in [1.807, 2.05) is 11.0 Å². The summed E-state index contributed by atoms with van der Waals surface area (Å²) in [4.78, 5) is 13.9. The monoisotopic (exact) mass is 245 g/mol. The molecule has 18 heavy (non-hydrogen) atoms. The number of fused-ring (bicyclic) bond motifs is 1. The number of nitrogens with zero attached hydrogens (tertiary/aromatic N) is 1. The number of amides is 1. The summed E-state index contributed by atoms with van der Waals surface area (Å²) in [6.45, 7) is 3.86. The van der Waals surface area contributed by atoms with Crippen LogP contribution in [0, 0.1) is 11.8 Å². The van der Waals surface area contributed by atoms with Crippen LogP contribution in [0.5, 0.6) is 5.75 Å². The molecule has 2 aliphatic rings. The zero-order valence-corrected chi connectivity index (χ0v) is 10.9. The third-order valence-electron chi connectivity index (χ3n) is 4.20. The van der Waals surface area contributed by atoms with Gasteiger partial charge in [0.1, 0.15) is 5.75 Å². The fourth-order valence-corrected chi connectivity index (χ4v) is 3.32. The fourth-order valence-electron chi connectivity index (χ4n) is 3.32. The van der Waals surface area contributed by atoms with Crippen LogP contribution < -0.4 is 4.90 Å². The summed E-state index contributed by atoms with van der Waals surface area (Å²) in [6, 6.07) is 5.70. The van der Waals surface area contributed by atoms with E-state index in [2.05, 4.69) is 6.92 Å². The van der Waals surface area contributed by atoms with Gasteiger partial charge in [0.15, 0.2) is 0 Å². The second kappa shape index (κ2) is 4.01. The topological polar surface area (TPSA) is 40.5 Å². The molecule has 3 heteroatoms. The molecule has 1 aliphatic carbocycles. The third kappa shape index (κ3) is 1.78. The summed E-state index contributed by atoms with van der Waals surface area (Å²) in [7, 11) is 0. The SMILES string of the molecule is CC(=O)N1c2cc(O)ccc2C[C@@H](C)[C@@H]1C1CC1. The Morgan fingerprint density at radius 2 is 2.11 bits per heavy atom. The predicted molar refractivity (Wildman–Crippen MR) is 70.6 cm³/mol. The number of hydrogen-bond donors (Lipinski definition) is 1. The Kier molecular flexibility index (Phi) is 2.58. The van der Waals surface area contributed by atoms with E-state index < -0.39 is 0 Å². The first-order chi connectivity index (χ1) is 8.58. The van der Waals surface area contributed by atoms with Gasteiger partial charge in [0.2, 0.25) is 5.91 Å². The molecule has 0 spiro atoms. The van der Waals surface area contributed by atoms with Gasteiger partial charge < -0.3 is 10.0 Å². The minimum Gasteiger partial charge on any atom is -0.508 e. The van der Waals surface area contributed by atoms with Crippen LogP contribution in [0.1, 0.15) is 32.3 Å². The molecule has 2 atom stereocenters. The van der Waals surface area contributed by atoms with Crippen LogP contribution in [0.2, 0.25) is 0 Å². The highest BCUT2D eigenvalue weighted by atomic mass is 16.3. The molecule has 1 saturated carbocycles. The Bertz CT molecular complexity index is 493. The van der Waals surface area contributed by atoms with E-state index in [0.717, 1.165) is 12.1 Å². The predicted octanol–water partition coefficient (Wildman–Crippen LogP) is 2.72. The lowest BCUT2D eigenvalue weighted by atomic mass is 9.84. The zero-order valence-electron chi connectivity index (χ0n) is 10.9. The van der Waals surface area contributed by atoms with E-state index >= 15 is 0 Å². The summed E-state index contributed by atoms with van der Waals surface area (Å²) in [5.74, 6) is 1.48. The van der Waals surface area contributed by atoms with Crippen molar-refractivity contribution in [2.24, 2.45) is 11.8 Å². The molecule has 1 fully saturated rings. The molecule has 96 valence electrons. The normalized spacial score (nSPS) is 26.9. The summed E-state index contributed by atoms with van der Waals surface area (Å²) in [5.41, 5.74) is 2.09. The van der Waals surface area contributed by atoms with E-state index in [9.17, 15) is 9.90 Å². The minimum atomic E-state index is 0.0882. The van der Waals surface area contributed by atoms with Crippen LogP contribution in [0.15, 0.2) is 18.2 Å². The van der Waals surface area contributed by atoms with Gasteiger partial charge >= 0.3 is 0 Å². The number of hydrogen-bond acceptors (Lipinski definition) is 2. The lowest BCUT2D eigenvalue weighted by molar-refractivity contribution is -0.117. The first-order valence-electron chi connectivity index (χ1n) is 6.69. The largest absolute Gasteiger partial charge is 0.508 e. The molecule has 0 saturated heterocycles. The van der Waals surface area contributed by atoms with Gasteiger partial charge in [-0.3, -0.25) is 4.79 Å². The molecule has 1 heterocycles. The van der Waals surface area contributed by atoms with Crippen molar-refractivity contribution < 1.29 is 9.90 Å². The standard InChI is InChI=1S/C15H19NO2/c1-9-7-12-5-6-13(18)8-14(12)16(10(2)17)15(9)11-3-4-11/h5-6,8-9,11,15,18H,3-4,7H2,1-2H3/t9-,15-/m1/s1. The fraction of sp³-hybridized carbons (Fsp3) is 0.533. The molecule has 1 N–H and O–H groups in total. The first kappa shape index (κ1) is 11.6. The second-order valence-electron chi connectivity index (χ2n) is 5.71. The molecule has 3 rings (SSSR count). The number of carbonyl (C=O) groups excluding carboxylic acids is 1. The van der Waals surface area contributed by atoms with Crippen LogP contribution in [0.3, 0.4) is 0 Å². The maximum absolute atomic E-state index is 12.0. The third-order valence-corrected chi connectivity index (χ3v) is 4.20. The maximum atomic E-state index is 12.0. The highest BCUT2D eigenvalue weighted by Crippen LogP contribution is 2.45. The van der Waals surface area contributed by atoms with Crippen LogP contribution in [0.4, 0.5) is 5.69 Å². The molecule has 0 bridgehead atoms. The average molecular weight is 245 g/mol. The zero-order chi connectivity index (χ0) is 12.9. The lowest BCUT2D eigenvalue weighted by Crippen LogP contribution is -2.48. The van der Waals surface area contributed by atoms with Gasteiger partial charge in [-0.25, -0.2) is 0 Å². The van der Waals surface area contributed by atoms with E-state index in [1.165, 1.54) is 18.4 Å². The van der Waals surface area contributed by atoms with E-state index in [-0.39, 0.29) is 11.7 Å².